The van der Waals surface area contributed by atoms with Gasteiger partial charge in [-0.25, -0.2) is 9.78 Å². The van der Waals surface area contributed by atoms with E-state index >= 15 is 0 Å². The van der Waals surface area contributed by atoms with Crippen LogP contribution in [-0.2, 0) is 4.74 Å². The van der Waals surface area contributed by atoms with Gasteiger partial charge in [0, 0.05) is 0 Å². The Morgan fingerprint density at radius 3 is 2.33 bits per heavy atom. The number of pyridine rings is 1. The third kappa shape index (κ3) is 2.09. The zero-order valence-corrected chi connectivity index (χ0v) is 7.39. The number of rotatable bonds is 1. The molecule has 0 atom stereocenters. The fourth-order valence-corrected chi connectivity index (χ4v) is 1.13. The number of aromatic nitrogens is 1. The van der Waals surface area contributed by atoms with E-state index in [0.717, 1.165) is 0 Å². The molecule has 0 N–H and O–H groups in total. The maximum absolute atomic E-state index is 10.9. The molecule has 63 valence electrons. The molecule has 0 aliphatic heterocycles. The summed E-state index contributed by atoms with van der Waals surface area (Å²) in [5.74, 6) is -0.596. The quantitative estimate of drug-likeness (QED) is 0.521. The molecule has 0 aliphatic carbocycles. The Labute approximate surface area is 79.3 Å². The van der Waals surface area contributed by atoms with E-state index in [2.05, 4.69) is 16.8 Å². The van der Waals surface area contributed by atoms with Crippen molar-refractivity contribution in [3.63, 3.8) is 0 Å². The lowest BCUT2D eigenvalue weighted by atomic mass is 10.3. The Bertz CT molecular complexity index is 294. The van der Waals surface area contributed by atoms with Crippen LogP contribution in [0.15, 0.2) is 12.1 Å². The number of esters is 1. The van der Waals surface area contributed by atoms with Gasteiger partial charge < -0.3 is 4.74 Å². The fraction of sp³-hybridized carbons (Fsp3) is 0. The van der Waals surface area contributed by atoms with Crippen LogP contribution in [0.1, 0.15) is 10.4 Å². The van der Waals surface area contributed by atoms with E-state index in [1.165, 1.54) is 12.1 Å². The molecule has 0 saturated heterocycles. The van der Waals surface area contributed by atoms with Crippen LogP contribution in [0.5, 0.6) is 0 Å². The maximum atomic E-state index is 10.9. The number of halogens is 2. The lowest BCUT2D eigenvalue weighted by Crippen LogP contribution is -2.00. The molecule has 0 unspecified atom stereocenters. The van der Waals surface area contributed by atoms with E-state index in [-0.39, 0.29) is 15.9 Å². The van der Waals surface area contributed by atoms with Gasteiger partial charge in [-0.3, -0.25) is 0 Å². The van der Waals surface area contributed by atoms with Gasteiger partial charge in [-0.1, -0.05) is 23.2 Å². The summed E-state index contributed by atoms with van der Waals surface area (Å²) >= 11 is 11.1. The van der Waals surface area contributed by atoms with Crippen LogP contribution < -0.4 is 0 Å². The van der Waals surface area contributed by atoms with Crippen LogP contribution in [-0.4, -0.2) is 11.0 Å². The van der Waals surface area contributed by atoms with Crippen LogP contribution >= 0.6 is 23.2 Å². The highest BCUT2D eigenvalue weighted by Crippen LogP contribution is 2.15. The van der Waals surface area contributed by atoms with E-state index in [1.54, 1.807) is 0 Å². The molecular formula is C7H4Cl2NO2. The second-order valence-electron chi connectivity index (χ2n) is 1.93. The highest BCUT2D eigenvalue weighted by molar-refractivity contribution is 6.32. The summed E-state index contributed by atoms with van der Waals surface area (Å²) in [4.78, 5) is 14.5. The summed E-state index contributed by atoms with van der Waals surface area (Å²) in [6.07, 6.45) is 0. The van der Waals surface area contributed by atoms with Gasteiger partial charge in [-0.15, -0.1) is 0 Å². The van der Waals surface area contributed by atoms with Crippen molar-refractivity contribution < 1.29 is 9.53 Å². The molecular weight excluding hydrogens is 201 g/mol. The van der Waals surface area contributed by atoms with Gasteiger partial charge in [0.1, 0.15) is 17.4 Å². The lowest BCUT2D eigenvalue weighted by molar-refractivity contribution is 0.0654. The van der Waals surface area contributed by atoms with Gasteiger partial charge in [0.2, 0.25) is 0 Å². The first-order chi connectivity index (χ1) is 5.63. The summed E-state index contributed by atoms with van der Waals surface area (Å²) < 4.78 is 4.21. The summed E-state index contributed by atoms with van der Waals surface area (Å²) in [7, 11) is 2.97. The van der Waals surface area contributed by atoms with Crippen LogP contribution in [0, 0.1) is 7.11 Å². The minimum atomic E-state index is -0.596. The Hall–Kier alpha value is -0.800. The van der Waals surface area contributed by atoms with Crippen molar-refractivity contribution in [1.29, 1.82) is 0 Å². The standard InChI is InChI=1S/C7H4Cl2NO2/c1-12-7(11)4-2-5(8)10-6(9)3-4/h2-3H,1H2. The van der Waals surface area contributed by atoms with E-state index < -0.39 is 5.97 Å². The lowest BCUT2D eigenvalue weighted by Gasteiger charge is -1.98. The molecule has 0 aliphatic rings. The maximum Gasteiger partial charge on any atom is 0.338 e. The van der Waals surface area contributed by atoms with Crippen LogP contribution in [0.4, 0.5) is 0 Å². The van der Waals surface area contributed by atoms with E-state index in [9.17, 15) is 4.79 Å². The molecule has 1 radical (unpaired) electrons. The van der Waals surface area contributed by atoms with Gasteiger partial charge in [-0.05, 0) is 12.1 Å². The second-order valence-corrected chi connectivity index (χ2v) is 2.71. The van der Waals surface area contributed by atoms with Crippen LogP contribution in [0.3, 0.4) is 0 Å². The molecule has 0 bridgehead atoms. The van der Waals surface area contributed by atoms with Crippen molar-refractivity contribution >= 4 is 29.2 Å². The normalized spacial score (nSPS) is 9.58. The molecule has 0 fully saturated rings. The summed E-state index contributed by atoms with van der Waals surface area (Å²) in [6, 6.07) is 2.70. The molecule has 5 heteroatoms. The van der Waals surface area contributed by atoms with E-state index in [1.807, 2.05) is 0 Å². The minimum absolute atomic E-state index is 0.142. The predicted octanol–water partition coefficient (Wildman–Crippen LogP) is 2.34. The van der Waals surface area contributed by atoms with Crippen molar-refractivity contribution in [3.05, 3.63) is 35.1 Å². The van der Waals surface area contributed by atoms with Gasteiger partial charge in [0.25, 0.3) is 0 Å². The fourth-order valence-electron chi connectivity index (χ4n) is 0.666. The highest BCUT2D eigenvalue weighted by Gasteiger charge is 2.07. The van der Waals surface area contributed by atoms with E-state index in [0.29, 0.717) is 0 Å². The third-order valence-electron chi connectivity index (χ3n) is 1.13. The Balaban J connectivity index is 3.08. The second kappa shape index (κ2) is 3.74. The van der Waals surface area contributed by atoms with Gasteiger partial charge in [0.15, 0.2) is 0 Å². The molecule has 0 spiro atoms. The van der Waals surface area contributed by atoms with E-state index in [4.69, 9.17) is 23.2 Å². The largest absolute Gasteiger partial charge is 0.458 e. The van der Waals surface area contributed by atoms with Crippen LogP contribution in [0.2, 0.25) is 10.3 Å². The summed E-state index contributed by atoms with van der Waals surface area (Å²) in [5, 5.41) is 0.283. The molecule has 1 heterocycles. The molecule has 1 rings (SSSR count). The molecule has 1 aromatic heterocycles. The Morgan fingerprint density at radius 1 is 1.42 bits per heavy atom. The average Bonchev–Trinajstić information content (AvgIpc) is 2.01. The van der Waals surface area contributed by atoms with Crippen molar-refractivity contribution in [2.45, 2.75) is 0 Å². The molecule has 1 aromatic rings. The monoisotopic (exact) mass is 204 g/mol. The molecule has 0 aromatic carbocycles. The van der Waals surface area contributed by atoms with Crippen molar-refractivity contribution in [1.82, 2.24) is 4.98 Å². The number of carbonyl (C=O) groups excluding carboxylic acids is 1. The average molecular weight is 205 g/mol. The summed E-state index contributed by atoms with van der Waals surface area (Å²) in [5.41, 5.74) is 0.231. The van der Waals surface area contributed by atoms with Crippen molar-refractivity contribution in [2.24, 2.45) is 0 Å². The van der Waals surface area contributed by atoms with Crippen LogP contribution in [0.25, 0.3) is 0 Å². The number of nitrogens with zero attached hydrogens (tertiary/aromatic N) is 1. The first-order valence-corrected chi connectivity index (χ1v) is 3.68. The summed E-state index contributed by atoms with van der Waals surface area (Å²) in [6.45, 7) is 0. The number of hydrogen-bond acceptors (Lipinski definition) is 3. The van der Waals surface area contributed by atoms with Crippen molar-refractivity contribution in [3.8, 4) is 0 Å². The first-order valence-electron chi connectivity index (χ1n) is 2.93. The highest BCUT2D eigenvalue weighted by atomic mass is 35.5. The van der Waals surface area contributed by atoms with Gasteiger partial charge in [-0.2, -0.15) is 0 Å². The van der Waals surface area contributed by atoms with Gasteiger partial charge in [0.05, 0.1) is 5.56 Å². The molecule has 3 nitrogen and oxygen atoms in total. The third-order valence-corrected chi connectivity index (χ3v) is 1.52. The Morgan fingerprint density at radius 2 is 1.92 bits per heavy atom. The smallest absolute Gasteiger partial charge is 0.338 e. The topological polar surface area (TPSA) is 39.2 Å². The minimum Gasteiger partial charge on any atom is -0.458 e. The first kappa shape index (κ1) is 9.29. The number of hydrogen-bond donors (Lipinski definition) is 0. The molecule has 0 saturated carbocycles. The molecule has 12 heavy (non-hydrogen) atoms. The zero-order chi connectivity index (χ0) is 9.14. The zero-order valence-electron chi connectivity index (χ0n) is 5.88. The number of carbonyl (C=O) groups is 1. The predicted molar refractivity (Wildman–Crippen MR) is 45.0 cm³/mol. The Kier molecular flexibility index (Phi) is 2.89. The number of ether oxygens (including phenoxy) is 1. The molecule has 0 amide bonds. The van der Waals surface area contributed by atoms with Crippen molar-refractivity contribution in [2.75, 3.05) is 0 Å². The van der Waals surface area contributed by atoms with Gasteiger partial charge >= 0.3 is 5.97 Å². The SMILES string of the molecule is [CH2]OC(=O)c1cc(Cl)nc(Cl)c1.